The molecular formula is C15H17NO3S. The first-order valence-corrected chi connectivity index (χ1v) is 7.74. The fourth-order valence-corrected chi connectivity index (χ4v) is 4.38. The molecule has 2 N–H and O–H groups in total. The van der Waals surface area contributed by atoms with Crippen molar-refractivity contribution in [2.45, 2.75) is 37.0 Å². The summed E-state index contributed by atoms with van der Waals surface area (Å²) in [6, 6.07) is 7.56. The summed E-state index contributed by atoms with van der Waals surface area (Å²) >= 11 is 1.69. The number of phenols is 1. The van der Waals surface area contributed by atoms with E-state index in [9.17, 15) is 9.90 Å². The first kappa shape index (κ1) is 13.5. The van der Waals surface area contributed by atoms with Gasteiger partial charge in [-0.3, -0.25) is 9.79 Å². The van der Waals surface area contributed by atoms with Gasteiger partial charge in [-0.05, 0) is 25.3 Å². The van der Waals surface area contributed by atoms with Crippen LogP contribution in [0.4, 0.5) is 0 Å². The van der Waals surface area contributed by atoms with Gasteiger partial charge >= 0.3 is 5.97 Å². The molecule has 20 heavy (non-hydrogen) atoms. The van der Waals surface area contributed by atoms with E-state index in [-0.39, 0.29) is 12.0 Å². The van der Waals surface area contributed by atoms with Crippen molar-refractivity contribution in [2.24, 2.45) is 10.9 Å². The largest absolute Gasteiger partial charge is 0.508 e. The van der Waals surface area contributed by atoms with Crippen LogP contribution in [-0.2, 0) is 11.2 Å². The summed E-state index contributed by atoms with van der Waals surface area (Å²) in [6.45, 7) is 0. The highest BCUT2D eigenvalue weighted by atomic mass is 32.2. The van der Waals surface area contributed by atoms with E-state index in [1.807, 2.05) is 12.1 Å². The van der Waals surface area contributed by atoms with Crippen molar-refractivity contribution in [3.05, 3.63) is 29.8 Å². The fourth-order valence-electron chi connectivity index (χ4n) is 2.91. The van der Waals surface area contributed by atoms with Gasteiger partial charge < -0.3 is 10.2 Å². The molecule has 3 unspecified atom stereocenters. The van der Waals surface area contributed by atoms with E-state index in [4.69, 9.17) is 10.1 Å². The summed E-state index contributed by atoms with van der Waals surface area (Å²) in [5.74, 6) is -0.601. The third-order valence-electron chi connectivity index (χ3n) is 4.04. The molecule has 0 spiro atoms. The van der Waals surface area contributed by atoms with Crippen molar-refractivity contribution in [1.29, 1.82) is 0 Å². The van der Waals surface area contributed by atoms with Gasteiger partial charge in [-0.2, -0.15) is 0 Å². The van der Waals surface area contributed by atoms with Gasteiger partial charge in [0.2, 0.25) is 0 Å². The maximum atomic E-state index is 11.1. The van der Waals surface area contributed by atoms with Crippen molar-refractivity contribution >= 4 is 22.8 Å². The molecular weight excluding hydrogens is 274 g/mol. The smallest absolute Gasteiger partial charge is 0.306 e. The number of hydrogen-bond acceptors (Lipinski definition) is 4. The van der Waals surface area contributed by atoms with Crippen LogP contribution in [0.1, 0.15) is 24.8 Å². The number of hydrogen-bond donors (Lipinski definition) is 2. The Balaban J connectivity index is 1.67. The second kappa shape index (κ2) is 5.48. The summed E-state index contributed by atoms with van der Waals surface area (Å²) in [5.41, 5.74) is 0.882. The monoisotopic (exact) mass is 291 g/mol. The first-order chi connectivity index (χ1) is 9.63. The van der Waals surface area contributed by atoms with E-state index in [1.165, 1.54) is 0 Å². The molecule has 0 amide bonds. The summed E-state index contributed by atoms with van der Waals surface area (Å²) in [4.78, 5) is 15.8. The number of aromatic hydroxyl groups is 1. The maximum absolute atomic E-state index is 11.1. The molecule has 1 aromatic rings. The van der Waals surface area contributed by atoms with E-state index in [2.05, 4.69) is 0 Å². The van der Waals surface area contributed by atoms with E-state index in [0.717, 1.165) is 23.4 Å². The Labute approximate surface area is 121 Å². The van der Waals surface area contributed by atoms with Crippen molar-refractivity contribution < 1.29 is 15.0 Å². The molecule has 1 aliphatic carbocycles. The number of aliphatic carboxylic acids is 1. The van der Waals surface area contributed by atoms with Crippen LogP contribution in [0.5, 0.6) is 5.75 Å². The van der Waals surface area contributed by atoms with Gasteiger partial charge in [-0.15, -0.1) is 11.8 Å². The highest BCUT2D eigenvalue weighted by molar-refractivity contribution is 8.14. The lowest BCUT2D eigenvalue weighted by Gasteiger charge is -2.27. The molecule has 0 aromatic heterocycles. The molecule has 106 valence electrons. The van der Waals surface area contributed by atoms with Gasteiger partial charge in [0.05, 0.1) is 17.0 Å². The number of benzene rings is 1. The van der Waals surface area contributed by atoms with Crippen LogP contribution in [0.2, 0.25) is 0 Å². The summed E-state index contributed by atoms with van der Waals surface area (Å²) < 4.78 is 0. The quantitative estimate of drug-likeness (QED) is 0.898. The SMILES string of the molecule is O=C(O)C1CCC2N=C(Cc3ccccc3O)SC2C1. The Hall–Kier alpha value is -1.49. The van der Waals surface area contributed by atoms with Gasteiger partial charge in [-0.1, -0.05) is 18.2 Å². The zero-order valence-electron chi connectivity index (χ0n) is 11.0. The Bertz CT molecular complexity index is 558. The second-order valence-electron chi connectivity index (χ2n) is 5.40. The van der Waals surface area contributed by atoms with Crippen LogP contribution in [-0.4, -0.2) is 32.5 Å². The molecule has 5 heteroatoms. The van der Waals surface area contributed by atoms with Crippen LogP contribution in [0, 0.1) is 5.92 Å². The first-order valence-electron chi connectivity index (χ1n) is 6.86. The van der Waals surface area contributed by atoms with Crippen LogP contribution in [0.25, 0.3) is 0 Å². The fraction of sp³-hybridized carbons (Fsp3) is 0.467. The third-order valence-corrected chi connectivity index (χ3v) is 5.37. The van der Waals surface area contributed by atoms with Crippen molar-refractivity contribution in [2.75, 3.05) is 0 Å². The molecule has 1 saturated carbocycles. The second-order valence-corrected chi connectivity index (χ2v) is 6.71. The highest BCUT2D eigenvalue weighted by Crippen LogP contribution is 2.40. The number of nitrogens with zero attached hydrogens (tertiary/aromatic N) is 1. The van der Waals surface area contributed by atoms with Crippen molar-refractivity contribution in [3.63, 3.8) is 0 Å². The van der Waals surface area contributed by atoms with Crippen LogP contribution >= 0.6 is 11.8 Å². The number of aliphatic imine (C=N–C) groups is 1. The lowest BCUT2D eigenvalue weighted by molar-refractivity contribution is -0.142. The highest BCUT2D eigenvalue weighted by Gasteiger charge is 2.38. The Morgan fingerprint density at radius 2 is 2.15 bits per heavy atom. The van der Waals surface area contributed by atoms with Gasteiger partial charge in [-0.25, -0.2) is 0 Å². The Morgan fingerprint density at radius 3 is 2.90 bits per heavy atom. The number of carbonyl (C=O) groups is 1. The molecule has 0 bridgehead atoms. The standard InChI is InChI=1S/C15H17NO3S/c17-12-4-2-1-3-9(12)8-14-16-11-6-5-10(15(18)19)7-13(11)20-14/h1-4,10-11,13,17H,5-8H2,(H,18,19). The summed E-state index contributed by atoms with van der Waals surface area (Å²) in [7, 11) is 0. The van der Waals surface area contributed by atoms with Crippen LogP contribution < -0.4 is 0 Å². The maximum Gasteiger partial charge on any atom is 0.306 e. The molecule has 4 nitrogen and oxygen atoms in total. The minimum Gasteiger partial charge on any atom is -0.508 e. The topological polar surface area (TPSA) is 69.9 Å². The minimum atomic E-state index is -0.682. The Kier molecular flexibility index (Phi) is 3.70. The zero-order valence-corrected chi connectivity index (χ0v) is 11.8. The molecule has 3 rings (SSSR count). The molecule has 1 aromatic carbocycles. The van der Waals surface area contributed by atoms with Gasteiger partial charge in [0.1, 0.15) is 5.75 Å². The lowest BCUT2D eigenvalue weighted by atomic mass is 9.86. The van der Waals surface area contributed by atoms with Crippen molar-refractivity contribution in [1.82, 2.24) is 0 Å². The van der Waals surface area contributed by atoms with Gasteiger partial charge in [0.25, 0.3) is 0 Å². The molecule has 2 aliphatic rings. The average Bonchev–Trinajstić information content (AvgIpc) is 2.82. The number of para-hydroxylation sites is 1. The van der Waals surface area contributed by atoms with Crippen LogP contribution in [0.3, 0.4) is 0 Å². The van der Waals surface area contributed by atoms with E-state index < -0.39 is 5.97 Å². The molecule has 1 fully saturated rings. The number of carboxylic acids is 1. The van der Waals surface area contributed by atoms with E-state index >= 15 is 0 Å². The van der Waals surface area contributed by atoms with Crippen LogP contribution in [0.15, 0.2) is 29.3 Å². The molecule has 0 radical (unpaired) electrons. The van der Waals surface area contributed by atoms with E-state index in [1.54, 1.807) is 23.9 Å². The van der Waals surface area contributed by atoms with E-state index in [0.29, 0.717) is 23.8 Å². The lowest BCUT2D eigenvalue weighted by Crippen LogP contribution is -2.31. The molecule has 1 aliphatic heterocycles. The third kappa shape index (κ3) is 2.68. The van der Waals surface area contributed by atoms with Gasteiger partial charge in [0.15, 0.2) is 0 Å². The number of carboxylic acid groups (broad SMARTS) is 1. The predicted octanol–water partition coefficient (Wildman–Crippen LogP) is 2.70. The summed E-state index contributed by atoms with van der Waals surface area (Å²) in [5, 5.41) is 20.2. The normalized spacial score (nSPS) is 28.8. The number of phenolic OH excluding ortho intramolecular Hbond substituents is 1. The summed E-state index contributed by atoms with van der Waals surface area (Å²) in [6.07, 6.45) is 2.93. The van der Waals surface area contributed by atoms with Gasteiger partial charge in [0, 0.05) is 17.2 Å². The molecule has 1 heterocycles. The predicted molar refractivity (Wildman–Crippen MR) is 79.4 cm³/mol. The average molecular weight is 291 g/mol. The number of fused-ring (bicyclic) bond motifs is 1. The zero-order chi connectivity index (χ0) is 14.1. The number of thioether (sulfide) groups is 1. The van der Waals surface area contributed by atoms with Crippen molar-refractivity contribution in [3.8, 4) is 5.75 Å². The number of rotatable bonds is 3. The molecule has 3 atom stereocenters. The Morgan fingerprint density at radius 1 is 1.35 bits per heavy atom. The molecule has 0 saturated heterocycles. The minimum absolute atomic E-state index is 0.219.